The van der Waals surface area contributed by atoms with E-state index in [-0.39, 0.29) is 17.1 Å². The number of ketones is 1. The number of Topliss-reactive ketones (excluding diaryl/α,β-unsaturated/α-hetero) is 1. The van der Waals surface area contributed by atoms with E-state index in [1.54, 1.807) is 11.9 Å². The molecule has 2 aromatic carbocycles. The first-order valence-corrected chi connectivity index (χ1v) is 9.62. The van der Waals surface area contributed by atoms with Crippen molar-refractivity contribution in [3.63, 3.8) is 0 Å². The highest BCUT2D eigenvalue weighted by Crippen LogP contribution is 2.53. The van der Waals surface area contributed by atoms with E-state index in [2.05, 4.69) is 24.5 Å². The molecule has 28 heavy (non-hydrogen) atoms. The van der Waals surface area contributed by atoms with E-state index >= 15 is 0 Å². The number of fused-ring (bicyclic) bond motifs is 4. The van der Waals surface area contributed by atoms with E-state index in [1.807, 2.05) is 48.5 Å². The second-order valence-corrected chi connectivity index (χ2v) is 8.72. The molecule has 0 saturated heterocycles. The molecule has 2 aliphatic heterocycles. The van der Waals surface area contributed by atoms with E-state index in [4.69, 9.17) is 0 Å². The molecule has 1 unspecified atom stereocenters. The molecule has 2 heterocycles. The second kappa shape index (κ2) is 5.47. The minimum absolute atomic E-state index is 0.0255. The fourth-order valence-electron chi connectivity index (χ4n) is 4.91. The number of carbonyl (C=O) groups excluding carboxylic acids is 2. The number of nitrogens with zero attached hydrogens (tertiary/aromatic N) is 1. The number of anilines is 3. The van der Waals surface area contributed by atoms with E-state index in [0.717, 1.165) is 28.3 Å². The normalized spacial score (nSPS) is 24.9. The quantitative estimate of drug-likeness (QED) is 0.732. The summed E-state index contributed by atoms with van der Waals surface area (Å²) >= 11 is 0. The van der Waals surface area contributed by atoms with Gasteiger partial charge in [0.1, 0.15) is 0 Å². The summed E-state index contributed by atoms with van der Waals surface area (Å²) in [4.78, 5) is 28.8. The minimum atomic E-state index is -1.20. The SMILES string of the molecule is CN1C(=O)C2(Nc3ccccc3NC3=C2C(=O)CC(C)(C)C3)c2ccccc21. The molecule has 0 bridgehead atoms. The van der Waals surface area contributed by atoms with Crippen LogP contribution in [0.4, 0.5) is 17.1 Å². The average Bonchev–Trinajstić information content (AvgIpc) is 2.78. The molecular weight excluding hydrogens is 350 g/mol. The van der Waals surface area contributed by atoms with Crippen molar-refractivity contribution >= 4 is 28.8 Å². The lowest BCUT2D eigenvalue weighted by molar-refractivity contribution is -0.125. The lowest BCUT2D eigenvalue weighted by Crippen LogP contribution is -2.50. The third-order valence-corrected chi connectivity index (χ3v) is 6.08. The number of amides is 1. The Hall–Kier alpha value is -3.08. The summed E-state index contributed by atoms with van der Waals surface area (Å²) in [5.41, 5.74) is 3.43. The lowest BCUT2D eigenvalue weighted by Gasteiger charge is -2.38. The van der Waals surface area contributed by atoms with Crippen LogP contribution in [0.5, 0.6) is 0 Å². The highest BCUT2D eigenvalue weighted by atomic mass is 16.2. The third-order valence-electron chi connectivity index (χ3n) is 6.08. The first kappa shape index (κ1) is 17.0. The van der Waals surface area contributed by atoms with Crippen LogP contribution in [0, 0.1) is 5.41 Å². The third kappa shape index (κ3) is 2.13. The van der Waals surface area contributed by atoms with Gasteiger partial charge >= 0.3 is 0 Å². The van der Waals surface area contributed by atoms with Gasteiger partial charge in [-0.3, -0.25) is 9.59 Å². The summed E-state index contributed by atoms with van der Waals surface area (Å²) in [5.74, 6) is -0.0923. The Morgan fingerprint density at radius 3 is 2.39 bits per heavy atom. The Balaban J connectivity index is 1.86. The molecule has 1 aliphatic carbocycles. The van der Waals surface area contributed by atoms with Gasteiger partial charge in [0.15, 0.2) is 11.3 Å². The van der Waals surface area contributed by atoms with Crippen molar-refractivity contribution in [3.05, 3.63) is 65.4 Å². The number of hydrogen-bond donors (Lipinski definition) is 2. The largest absolute Gasteiger partial charge is 0.362 e. The molecule has 0 saturated carbocycles. The molecule has 5 rings (SSSR count). The van der Waals surface area contributed by atoms with Gasteiger partial charge in [-0.2, -0.15) is 0 Å². The standard InChI is InChI=1S/C23H23N3O2/c1-22(2)12-17-20(19(27)13-22)23(25-16-10-6-5-9-15(16)24-17)14-8-4-7-11-18(14)26(3)21(23)28/h4-11,24-25H,12-13H2,1-3H3. The van der Waals surface area contributed by atoms with Crippen molar-refractivity contribution in [1.29, 1.82) is 0 Å². The van der Waals surface area contributed by atoms with Crippen LogP contribution in [0.25, 0.3) is 0 Å². The summed E-state index contributed by atoms with van der Waals surface area (Å²) in [6.45, 7) is 4.20. The van der Waals surface area contributed by atoms with Crippen LogP contribution in [-0.2, 0) is 15.1 Å². The first-order valence-electron chi connectivity index (χ1n) is 9.62. The van der Waals surface area contributed by atoms with E-state index in [0.29, 0.717) is 18.4 Å². The van der Waals surface area contributed by atoms with Crippen molar-refractivity contribution in [2.75, 3.05) is 22.6 Å². The number of rotatable bonds is 0. The molecule has 5 heteroatoms. The van der Waals surface area contributed by atoms with Crippen LogP contribution in [0.3, 0.4) is 0 Å². The molecular formula is C23H23N3O2. The molecule has 5 nitrogen and oxygen atoms in total. The van der Waals surface area contributed by atoms with E-state index in [1.165, 1.54) is 0 Å². The summed E-state index contributed by atoms with van der Waals surface area (Å²) < 4.78 is 0. The summed E-state index contributed by atoms with van der Waals surface area (Å²) in [5, 5.41) is 6.99. The minimum Gasteiger partial charge on any atom is -0.362 e. The summed E-state index contributed by atoms with van der Waals surface area (Å²) in [6, 6.07) is 15.6. The van der Waals surface area contributed by atoms with Gasteiger partial charge in [-0.05, 0) is 30.0 Å². The van der Waals surface area contributed by atoms with Gasteiger partial charge in [0.25, 0.3) is 5.91 Å². The van der Waals surface area contributed by atoms with Gasteiger partial charge < -0.3 is 15.5 Å². The van der Waals surface area contributed by atoms with Crippen molar-refractivity contribution < 1.29 is 9.59 Å². The average molecular weight is 373 g/mol. The predicted molar refractivity (Wildman–Crippen MR) is 110 cm³/mol. The molecule has 0 fully saturated rings. The molecule has 1 atom stereocenters. The zero-order valence-electron chi connectivity index (χ0n) is 16.3. The lowest BCUT2D eigenvalue weighted by atomic mass is 9.69. The fourth-order valence-corrected chi connectivity index (χ4v) is 4.91. The van der Waals surface area contributed by atoms with Crippen LogP contribution in [0.1, 0.15) is 32.3 Å². The van der Waals surface area contributed by atoms with Gasteiger partial charge in [-0.25, -0.2) is 0 Å². The number of hydrogen-bond acceptors (Lipinski definition) is 4. The summed E-state index contributed by atoms with van der Waals surface area (Å²) in [6.07, 6.45) is 1.14. The zero-order valence-corrected chi connectivity index (χ0v) is 16.3. The predicted octanol–water partition coefficient (Wildman–Crippen LogP) is 4.04. The topological polar surface area (TPSA) is 61.4 Å². The Bertz CT molecular complexity index is 1070. The Morgan fingerprint density at radius 2 is 1.61 bits per heavy atom. The molecule has 1 spiro atoms. The van der Waals surface area contributed by atoms with Crippen molar-refractivity contribution in [2.45, 2.75) is 32.2 Å². The first-order chi connectivity index (χ1) is 13.3. The van der Waals surface area contributed by atoms with Gasteiger partial charge in [0.2, 0.25) is 0 Å². The highest BCUT2D eigenvalue weighted by molar-refractivity contribution is 6.19. The monoisotopic (exact) mass is 373 g/mol. The Morgan fingerprint density at radius 1 is 0.929 bits per heavy atom. The van der Waals surface area contributed by atoms with Crippen LogP contribution >= 0.6 is 0 Å². The van der Waals surface area contributed by atoms with Crippen molar-refractivity contribution in [2.24, 2.45) is 5.41 Å². The van der Waals surface area contributed by atoms with Gasteiger partial charge in [-0.15, -0.1) is 0 Å². The Labute approximate surface area is 164 Å². The maximum atomic E-state index is 13.7. The number of allylic oxidation sites excluding steroid dienone is 1. The number of carbonyl (C=O) groups is 2. The summed E-state index contributed by atoms with van der Waals surface area (Å²) in [7, 11) is 1.78. The molecule has 142 valence electrons. The number of para-hydroxylation sites is 3. The smallest absolute Gasteiger partial charge is 0.262 e. The van der Waals surface area contributed by atoms with E-state index in [9.17, 15) is 9.59 Å². The van der Waals surface area contributed by atoms with Gasteiger partial charge in [0.05, 0.1) is 16.9 Å². The highest BCUT2D eigenvalue weighted by Gasteiger charge is 2.57. The molecule has 2 N–H and O–H groups in total. The number of benzene rings is 2. The van der Waals surface area contributed by atoms with Gasteiger partial charge in [-0.1, -0.05) is 44.2 Å². The van der Waals surface area contributed by atoms with Crippen LogP contribution in [0.2, 0.25) is 0 Å². The molecule has 1 amide bonds. The van der Waals surface area contributed by atoms with Crippen LogP contribution in [-0.4, -0.2) is 18.7 Å². The van der Waals surface area contributed by atoms with Gasteiger partial charge in [0, 0.05) is 30.4 Å². The maximum absolute atomic E-state index is 13.7. The molecule has 0 aromatic heterocycles. The van der Waals surface area contributed by atoms with Crippen LogP contribution in [0.15, 0.2) is 59.8 Å². The zero-order chi connectivity index (χ0) is 19.7. The van der Waals surface area contributed by atoms with Crippen LogP contribution < -0.4 is 15.5 Å². The van der Waals surface area contributed by atoms with E-state index < -0.39 is 5.54 Å². The molecule has 0 radical (unpaired) electrons. The fraction of sp³-hybridized carbons (Fsp3) is 0.304. The van der Waals surface area contributed by atoms with Crippen molar-refractivity contribution in [3.8, 4) is 0 Å². The Kier molecular flexibility index (Phi) is 3.33. The van der Waals surface area contributed by atoms with Crippen molar-refractivity contribution in [1.82, 2.24) is 0 Å². The molecule has 3 aliphatic rings. The maximum Gasteiger partial charge on any atom is 0.262 e. The number of likely N-dealkylation sites (N-methyl/N-ethyl adjacent to an activating group) is 1. The molecule has 2 aromatic rings. The number of nitrogens with one attached hydrogen (secondary N) is 2. The second-order valence-electron chi connectivity index (χ2n) is 8.72.